The van der Waals surface area contributed by atoms with Gasteiger partial charge in [-0.2, -0.15) is 0 Å². The van der Waals surface area contributed by atoms with Gasteiger partial charge in [-0.3, -0.25) is 0 Å². The van der Waals surface area contributed by atoms with Gasteiger partial charge < -0.3 is 10.2 Å². The highest BCUT2D eigenvalue weighted by Gasteiger charge is 2.19. The molecule has 0 unspecified atom stereocenters. The van der Waals surface area contributed by atoms with Crippen LogP contribution in [0.1, 0.15) is 18.4 Å². The van der Waals surface area contributed by atoms with Gasteiger partial charge in [0.05, 0.1) is 6.54 Å². The van der Waals surface area contributed by atoms with E-state index in [-0.39, 0.29) is 6.54 Å². The number of halogens is 2. The predicted molar refractivity (Wildman–Crippen MR) is 63.4 cm³/mol. The summed E-state index contributed by atoms with van der Waals surface area (Å²) in [6, 6.07) is 4.38. The smallest absolute Gasteiger partial charge is 0.255 e. The molecular weight excluding hydrogens is 224 g/mol. The largest absolute Gasteiger partial charge is 0.354 e. The second-order valence-corrected chi connectivity index (χ2v) is 4.45. The minimum atomic E-state index is -2.34. The molecular formula is C12H17F2N3. The van der Waals surface area contributed by atoms with Crippen LogP contribution >= 0.6 is 0 Å². The Bertz CT molecular complexity index is 349. The topological polar surface area (TPSA) is 28.2 Å². The summed E-state index contributed by atoms with van der Waals surface area (Å²) in [5.41, 5.74) is 1.09. The van der Waals surface area contributed by atoms with Gasteiger partial charge in [0.2, 0.25) is 0 Å². The van der Waals surface area contributed by atoms with Gasteiger partial charge in [0.15, 0.2) is 0 Å². The predicted octanol–water partition coefficient (Wildman–Crippen LogP) is 2.03. The minimum Gasteiger partial charge on any atom is -0.354 e. The Hall–Kier alpha value is -1.23. The molecule has 0 aromatic carbocycles. The van der Waals surface area contributed by atoms with Crippen LogP contribution in [0.3, 0.4) is 0 Å². The van der Waals surface area contributed by atoms with Crippen molar-refractivity contribution in [2.75, 3.05) is 18.5 Å². The summed E-state index contributed by atoms with van der Waals surface area (Å²) >= 11 is 0. The van der Waals surface area contributed by atoms with Crippen LogP contribution in [0.15, 0.2) is 18.3 Å². The van der Waals surface area contributed by atoms with Gasteiger partial charge in [-0.1, -0.05) is 6.07 Å². The lowest BCUT2D eigenvalue weighted by Crippen LogP contribution is -2.25. The lowest BCUT2D eigenvalue weighted by Gasteiger charge is -2.17. The van der Waals surface area contributed by atoms with Crippen molar-refractivity contribution < 1.29 is 8.78 Å². The fourth-order valence-corrected chi connectivity index (χ4v) is 1.60. The zero-order valence-electron chi connectivity index (χ0n) is 9.87. The van der Waals surface area contributed by atoms with Gasteiger partial charge >= 0.3 is 0 Å². The van der Waals surface area contributed by atoms with Crippen LogP contribution in [0.2, 0.25) is 0 Å². The Kier molecular flexibility index (Phi) is 3.89. The monoisotopic (exact) mass is 241 g/mol. The molecule has 5 heteroatoms. The van der Waals surface area contributed by atoms with Crippen LogP contribution < -0.4 is 10.2 Å². The molecule has 1 heterocycles. The van der Waals surface area contributed by atoms with Gasteiger partial charge in [0.25, 0.3) is 6.43 Å². The van der Waals surface area contributed by atoms with Gasteiger partial charge in [-0.15, -0.1) is 0 Å². The summed E-state index contributed by atoms with van der Waals surface area (Å²) in [5, 5.41) is 3.38. The third-order valence-electron chi connectivity index (χ3n) is 2.78. The maximum Gasteiger partial charge on any atom is 0.255 e. The molecule has 17 heavy (non-hydrogen) atoms. The van der Waals surface area contributed by atoms with Crippen LogP contribution in [0.25, 0.3) is 0 Å². The van der Waals surface area contributed by atoms with E-state index < -0.39 is 6.43 Å². The molecule has 1 aromatic rings. The van der Waals surface area contributed by atoms with Gasteiger partial charge in [0, 0.05) is 25.8 Å². The van der Waals surface area contributed by atoms with Crippen molar-refractivity contribution in [1.29, 1.82) is 0 Å². The van der Waals surface area contributed by atoms with E-state index in [0.717, 1.165) is 12.1 Å². The van der Waals surface area contributed by atoms with E-state index >= 15 is 0 Å². The first-order chi connectivity index (χ1) is 8.15. The van der Waals surface area contributed by atoms with Crippen molar-refractivity contribution in [3.05, 3.63) is 23.9 Å². The Morgan fingerprint density at radius 1 is 1.47 bits per heavy atom. The normalized spacial score (nSPS) is 15.3. The van der Waals surface area contributed by atoms with Crippen LogP contribution in [0, 0.1) is 0 Å². The zero-order chi connectivity index (χ0) is 12.3. The highest BCUT2D eigenvalue weighted by Crippen LogP contribution is 2.19. The highest BCUT2D eigenvalue weighted by molar-refractivity contribution is 5.38. The average molecular weight is 241 g/mol. The molecule has 1 aliphatic rings. The first kappa shape index (κ1) is 12.2. The van der Waals surface area contributed by atoms with Crippen molar-refractivity contribution in [3.63, 3.8) is 0 Å². The molecule has 0 saturated heterocycles. The third-order valence-corrected chi connectivity index (χ3v) is 2.78. The number of alkyl halides is 2. The minimum absolute atomic E-state index is 0.285. The first-order valence-electron chi connectivity index (χ1n) is 5.83. The average Bonchev–Trinajstić information content (AvgIpc) is 3.10. The number of aromatic nitrogens is 1. The highest BCUT2D eigenvalue weighted by atomic mass is 19.3. The molecule has 0 atom stereocenters. The number of hydrogen-bond donors (Lipinski definition) is 1. The number of pyridine rings is 1. The quantitative estimate of drug-likeness (QED) is 0.826. The fraction of sp³-hybridized carbons (Fsp3) is 0.583. The van der Waals surface area contributed by atoms with Crippen molar-refractivity contribution in [3.8, 4) is 0 Å². The Morgan fingerprint density at radius 2 is 2.24 bits per heavy atom. The van der Waals surface area contributed by atoms with Crippen LogP contribution in [0.4, 0.5) is 14.6 Å². The van der Waals surface area contributed by atoms with Gasteiger partial charge in [0.1, 0.15) is 5.82 Å². The molecule has 0 bridgehead atoms. The van der Waals surface area contributed by atoms with E-state index in [4.69, 9.17) is 0 Å². The molecule has 0 amide bonds. The van der Waals surface area contributed by atoms with E-state index in [1.807, 2.05) is 6.07 Å². The summed E-state index contributed by atoms with van der Waals surface area (Å²) in [7, 11) is 1.62. The van der Waals surface area contributed by atoms with E-state index in [0.29, 0.717) is 11.9 Å². The van der Waals surface area contributed by atoms with Crippen molar-refractivity contribution in [1.82, 2.24) is 10.3 Å². The molecule has 1 aliphatic carbocycles. The molecule has 0 spiro atoms. The van der Waals surface area contributed by atoms with Crippen LogP contribution in [-0.4, -0.2) is 31.0 Å². The summed E-state index contributed by atoms with van der Waals surface area (Å²) in [6.07, 6.45) is 1.91. The number of nitrogens with one attached hydrogen (secondary N) is 1. The number of nitrogens with zero attached hydrogens (tertiary/aromatic N) is 2. The fourth-order valence-electron chi connectivity index (χ4n) is 1.60. The van der Waals surface area contributed by atoms with Gasteiger partial charge in [-0.25, -0.2) is 13.8 Å². The van der Waals surface area contributed by atoms with Crippen LogP contribution in [0.5, 0.6) is 0 Å². The summed E-state index contributed by atoms with van der Waals surface area (Å²) in [6.45, 7) is 0.517. The van der Waals surface area contributed by atoms with E-state index in [1.54, 1.807) is 19.3 Å². The maximum absolute atomic E-state index is 12.2. The number of hydrogen-bond acceptors (Lipinski definition) is 3. The Morgan fingerprint density at radius 3 is 2.76 bits per heavy atom. The van der Waals surface area contributed by atoms with E-state index in [1.165, 1.54) is 17.7 Å². The summed E-state index contributed by atoms with van der Waals surface area (Å²) in [5.74, 6) is 0.584. The molecule has 1 saturated carbocycles. The van der Waals surface area contributed by atoms with Crippen LogP contribution in [-0.2, 0) is 6.54 Å². The molecule has 1 aromatic heterocycles. The summed E-state index contributed by atoms with van der Waals surface area (Å²) in [4.78, 5) is 5.64. The zero-order valence-corrected chi connectivity index (χ0v) is 9.87. The SMILES string of the molecule is CN(CC(F)F)c1ccc(CNC2CC2)cn1. The molecule has 94 valence electrons. The molecule has 0 radical (unpaired) electrons. The van der Waals surface area contributed by atoms with Crippen molar-refractivity contribution in [2.45, 2.75) is 31.9 Å². The lowest BCUT2D eigenvalue weighted by molar-refractivity contribution is 0.156. The molecule has 3 nitrogen and oxygen atoms in total. The second kappa shape index (κ2) is 5.40. The van der Waals surface area contributed by atoms with E-state index in [9.17, 15) is 8.78 Å². The Balaban J connectivity index is 1.87. The third kappa shape index (κ3) is 3.93. The maximum atomic E-state index is 12.2. The van der Waals surface area contributed by atoms with E-state index in [2.05, 4.69) is 10.3 Å². The molecule has 1 N–H and O–H groups in total. The standard InChI is InChI=1S/C12H17F2N3/c1-17(8-11(13)14)12-5-2-9(7-16-12)6-15-10-3-4-10/h2,5,7,10-11,15H,3-4,6,8H2,1H3. The lowest BCUT2D eigenvalue weighted by atomic mass is 10.2. The number of rotatable bonds is 6. The van der Waals surface area contributed by atoms with Crippen molar-refractivity contribution in [2.24, 2.45) is 0 Å². The van der Waals surface area contributed by atoms with Crippen molar-refractivity contribution >= 4 is 5.82 Å². The van der Waals surface area contributed by atoms with Gasteiger partial charge in [-0.05, 0) is 24.5 Å². The summed E-state index contributed by atoms with van der Waals surface area (Å²) < 4.78 is 24.4. The first-order valence-corrected chi connectivity index (χ1v) is 5.83. The molecule has 2 rings (SSSR count). The number of anilines is 1. The molecule has 1 fully saturated rings. The Labute approximate surface area is 99.8 Å². The molecule has 0 aliphatic heterocycles. The second-order valence-electron chi connectivity index (χ2n) is 4.45.